The lowest BCUT2D eigenvalue weighted by molar-refractivity contribution is -0.136. The second-order valence-electron chi connectivity index (χ2n) is 6.28. The third-order valence-electron chi connectivity index (χ3n) is 3.94. The summed E-state index contributed by atoms with van der Waals surface area (Å²) in [5.74, 6) is -0.608. The molecule has 3 amide bonds. The molecule has 0 bridgehead atoms. The number of carbonyl (C=O) groups is 3. The van der Waals surface area contributed by atoms with Crippen LogP contribution in [0.4, 0.5) is 11.4 Å². The van der Waals surface area contributed by atoms with E-state index < -0.39 is 6.04 Å². The zero-order chi connectivity index (χ0) is 19.8. The topological polar surface area (TPSA) is 96.3 Å². The van der Waals surface area contributed by atoms with E-state index in [9.17, 15) is 14.4 Å². The van der Waals surface area contributed by atoms with Gasteiger partial charge in [-0.25, -0.2) is 0 Å². The van der Waals surface area contributed by atoms with Crippen molar-refractivity contribution in [2.75, 3.05) is 24.2 Å². The van der Waals surface area contributed by atoms with Crippen molar-refractivity contribution in [1.29, 1.82) is 0 Å². The van der Waals surface area contributed by atoms with Gasteiger partial charge in [-0.3, -0.25) is 19.1 Å². The highest BCUT2D eigenvalue weighted by atomic mass is 16.2. The summed E-state index contributed by atoms with van der Waals surface area (Å²) < 4.78 is 1.54. The van der Waals surface area contributed by atoms with Crippen LogP contribution in [0.5, 0.6) is 0 Å². The first kappa shape index (κ1) is 20.2. The van der Waals surface area contributed by atoms with Gasteiger partial charge in [0.1, 0.15) is 6.04 Å². The summed E-state index contributed by atoms with van der Waals surface area (Å²) in [7, 11) is 1.57. The molecule has 8 heteroatoms. The third-order valence-corrected chi connectivity index (χ3v) is 3.94. The molecule has 2 rings (SSSR count). The second-order valence-corrected chi connectivity index (χ2v) is 6.28. The number of nitrogens with one attached hydrogen (secondary N) is 2. The van der Waals surface area contributed by atoms with Gasteiger partial charge >= 0.3 is 0 Å². The molecule has 0 radical (unpaired) electrons. The molecule has 0 spiro atoms. The molecule has 1 heterocycles. The Morgan fingerprint density at radius 3 is 2.41 bits per heavy atom. The lowest BCUT2D eigenvalue weighted by atomic mass is 10.2. The number of benzene rings is 1. The lowest BCUT2D eigenvalue weighted by Gasteiger charge is -2.21. The van der Waals surface area contributed by atoms with Crippen LogP contribution in [0.3, 0.4) is 0 Å². The molecule has 8 nitrogen and oxygen atoms in total. The molecular weight excluding hydrogens is 346 g/mol. The van der Waals surface area contributed by atoms with Crippen LogP contribution in [-0.2, 0) is 14.4 Å². The second kappa shape index (κ2) is 9.51. The minimum absolute atomic E-state index is 0.0704. The summed E-state index contributed by atoms with van der Waals surface area (Å²) in [5.41, 5.74) is 1.17. The van der Waals surface area contributed by atoms with Crippen molar-refractivity contribution < 1.29 is 14.4 Å². The molecule has 1 aromatic carbocycles. The smallest absolute Gasteiger partial charge is 0.247 e. The Morgan fingerprint density at radius 2 is 1.81 bits per heavy atom. The lowest BCUT2D eigenvalue weighted by Crippen LogP contribution is -2.38. The van der Waals surface area contributed by atoms with Gasteiger partial charge in [-0.2, -0.15) is 5.10 Å². The van der Waals surface area contributed by atoms with Crippen LogP contribution in [0, 0.1) is 0 Å². The predicted molar refractivity (Wildman–Crippen MR) is 103 cm³/mol. The van der Waals surface area contributed by atoms with E-state index in [0.29, 0.717) is 17.8 Å². The third kappa shape index (κ3) is 5.95. The number of nitrogens with zero attached hydrogens (tertiary/aromatic N) is 3. The number of hydrogen-bond donors (Lipinski definition) is 2. The first-order chi connectivity index (χ1) is 12.9. The first-order valence-corrected chi connectivity index (χ1v) is 8.84. The van der Waals surface area contributed by atoms with Gasteiger partial charge in [0.15, 0.2) is 0 Å². The monoisotopic (exact) mass is 371 g/mol. The quantitative estimate of drug-likeness (QED) is 0.744. The Bertz CT molecular complexity index is 788. The SMILES string of the molecule is CCCC(=O)Nc1cccc(NC(=O)CN(C)C(=O)C(C)n2cccn2)c1. The summed E-state index contributed by atoms with van der Waals surface area (Å²) in [6, 6.07) is 8.15. The van der Waals surface area contributed by atoms with E-state index in [2.05, 4.69) is 15.7 Å². The predicted octanol–water partition coefficient (Wildman–Crippen LogP) is 2.28. The molecule has 0 aliphatic carbocycles. The molecule has 0 saturated heterocycles. The Labute approximate surface area is 158 Å². The molecule has 1 unspecified atom stereocenters. The normalized spacial score (nSPS) is 11.5. The summed E-state index contributed by atoms with van der Waals surface area (Å²) >= 11 is 0. The largest absolute Gasteiger partial charge is 0.335 e. The summed E-state index contributed by atoms with van der Waals surface area (Å²) in [4.78, 5) is 37.7. The Kier molecular flexibility index (Phi) is 7.10. The Balaban J connectivity index is 1.91. The molecular formula is C19H25N5O3. The van der Waals surface area contributed by atoms with Gasteiger partial charge in [0.05, 0.1) is 6.54 Å². The Morgan fingerprint density at radius 1 is 1.15 bits per heavy atom. The molecule has 27 heavy (non-hydrogen) atoms. The van der Waals surface area contributed by atoms with Gasteiger partial charge in [0, 0.05) is 37.2 Å². The highest BCUT2D eigenvalue weighted by Crippen LogP contribution is 2.16. The van der Waals surface area contributed by atoms with E-state index in [1.807, 2.05) is 6.92 Å². The zero-order valence-corrected chi connectivity index (χ0v) is 15.8. The highest BCUT2D eigenvalue weighted by molar-refractivity contribution is 5.96. The van der Waals surface area contributed by atoms with Crippen LogP contribution in [-0.4, -0.2) is 46.0 Å². The number of amides is 3. The van der Waals surface area contributed by atoms with E-state index >= 15 is 0 Å². The van der Waals surface area contributed by atoms with Crippen LogP contribution >= 0.6 is 0 Å². The van der Waals surface area contributed by atoms with Crippen molar-refractivity contribution in [3.63, 3.8) is 0 Å². The number of aromatic nitrogens is 2. The number of likely N-dealkylation sites (N-methyl/N-ethyl adjacent to an activating group) is 1. The summed E-state index contributed by atoms with van der Waals surface area (Å²) in [5, 5.41) is 9.57. The van der Waals surface area contributed by atoms with E-state index in [-0.39, 0.29) is 24.3 Å². The number of carbonyl (C=O) groups excluding carboxylic acids is 3. The maximum Gasteiger partial charge on any atom is 0.247 e. The summed E-state index contributed by atoms with van der Waals surface area (Å²) in [6.45, 7) is 3.57. The van der Waals surface area contributed by atoms with Gasteiger partial charge in [-0.15, -0.1) is 0 Å². The van der Waals surface area contributed by atoms with Gasteiger partial charge in [0.2, 0.25) is 17.7 Å². The van der Waals surface area contributed by atoms with E-state index in [4.69, 9.17) is 0 Å². The number of rotatable bonds is 8. The van der Waals surface area contributed by atoms with E-state index in [1.54, 1.807) is 61.4 Å². The fourth-order valence-corrected chi connectivity index (χ4v) is 2.56. The standard InChI is InChI=1S/C19H25N5O3/c1-4-7-17(25)21-15-8-5-9-16(12-15)22-18(26)13-23(3)19(27)14(2)24-11-6-10-20-24/h5-6,8-12,14H,4,7,13H2,1-3H3,(H,21,25)(H,22,26). The van der Waals surface area contributed by atoms with Gasteiger partial charge in [-0.05, 0) is 37.6 Å². The van der Waals surface area contributed by atoms with E-state index in [0.717, 1.165) is 6.42 Å². The van der Waals surface area contributed by atoms with Crippen molar-refractivity contribution in [3.05, 3.63) is 42.7 Å². The van der Waals surface area contributed by atoms with Crippen molar-refractivity contribution in [2.45, 2.75) is 32.7 Å². The molecule has 2 N–H and O–H groups in total. The average molecular weight is 371 g/mol. The van der Waals surface area contributed by atoms with Crippen LogP contribution in [0.2, 0.25) is 0 Å². The average Bonchev–Trinajstić information content (AvgIpc) is 3.15. The number of hydrogen-bond acceptors (Lipinski definition) is 4. The van der Waals surface area contributed by atoms with Crippen molar-refractivity contribution >= 4 is 29.1 Å². The molecule has 0 saturated carbocycles. The number of anilines is 2. The molecule has 144 valence electrons. The molecule has 2 aromatic rings. The van der Waals surface area contributed by atoms with Crippen molar-refractivity contribution in [3.8, 4) is 0 Å². The van der Waals surface area contributed by atoms with Crippen LogP contribution < -0.4 is 10.6 Å². The van der Waals surface area contributed by atoms with Crippen LogP contribution in [0.1, 0.15) is 32.7 Å². The highest BCUT2D eigenvalue weighted by Gasteiger charge is 2.21. The fraction of sp³-hybridized carbons (Fsp3) is 0.368. The molecule has 1 atom stereocenters. The maximum absolute atomic E-state index is 12.4. The van der Waals surface area contributed by atoms with Crippen molar-refractivity contribution in [1.82, 2.24) is 14.7 Å². The minimum Gasteiger partial charge on any atom is -0.335 e. The summed E-state index contributed by atoms with van der Waals surface area (Å²) in [6.07, 6.45) is 4.51. The first-order valence-electron chi connectivity index (χ1n) is 8.84. The van der Waals surface area contributed by atoms with E-state index in [1.165, 1.54) is 4.90 Å². The minimum atomic E-state index is -0.491. The van der Waals surface area contributed by atoms with Gasteiger partial charge in [-0.1, -0.05) is 13.0 Å². The molecule has 0 fully saturated rings. The molecule has 1 aromatic heterocycles. The maximum atomic E-state index is 12.4. The molecule has 0 aliphatic heterocycles. The molecule has 0 aliphatic rings. The van der Waals surface area contributed by atoms with Crippen molar-refractivity contribution in [2.24, 2.45) is 0 Å². The Hall–Kier alpha value is -3.16. The fourth-order valence-electron chi connectivity index (χ4n) is 2.56. The van der Waals surface area contributed by atoms with Gasteiger partial charge < -0.3 is 15.5 Å². The van der Waals surface area contributed by atoms with Gasteiger partial charge in [0.25, 0.3) is 0 Å². The van der Waals surface area contributed by atoms with Crippen LogP contribution in [0.25, 0.3) is 0 Å². The van der Waals surface area contributed by atoms with Crippen LogP contribution in [0.15, 0.2) is 42.7 Å². The zero-order valence-electron chi connectivity index (χ0n) is 15.8.